The number of aromatic nitrogens is 1. The molecule has 2 rings (SSSR count). The summed E-state index contributed by atoms with van der Waals surface area (Å²) in [6.07, 6.45) is 1.36. The minimum atomic E-state index is -0.959. The number of halogens is 1. The highest BCUT2D eigenvalue weighted by atomic mass is 35.5. The molecule has 20 heavy (non-hydrogen) atoms. The average molecular weight is 297 g/mol. The number of carboxylic acids is 1. The number of carbonyl (C=O) groups excluding carboxylic acids is 1. The van der Waals surface area contributed by atoms with Crippen LogP contribution in [0.4, 0.5) is 0 Å². The van der Waals surface area contributed by atoms with E-state index in [0.29, 0.717) is 24.9 Å². The lowest BCUT2D eigenvalue weighted by molar-refractivity contribution is -0.142. The van der Waals surface area contributed by atoms with Gasteiger partial charge in [0.2, 0.25) is 0 Å². The number of nitrogens with zero attached hydrogens (tertiary/aromatic N) is 2. The van der Waals surface area contributed by atoms with Crippen LogP contribution in [0.3, 0.4) is 0 Å². The number of amides is 1. The van der Waals surface area contributed by atoms with Gasteiger partial charge in [0.05, 0.1) is 0 Å². The molecule has 1 amide bonds. The fourth-order valence-electron chi connectivity index (χ4n) is 2.57. The number of carboxylic acid groups (broad SMARTS) is 1. The maximum absolute atomic E-state index is 12.5. The molecule has 0 bridgehead atoms. The average Bonchev–Trinajstić information content (AvgIpc) is 2.79. The van der Waals surface area contributed by atoms with Crippen LogP contribution in [0.15, 0.2) is 12.1 Å². The molecule has 1 aliphatic heterocycles. The van der Waals surface area contributed by atoms with Gasteiger partial charge in [0.15, 0.2) is 0 Å². The van der Waals surface area contributed by atoms with Crippen molar-refractivity contribution in [3.63, 3.8) is 0 Å². The van der Waals surface area contributed by atoms with Crippen LogP contribution in [-0.2, 0) is 11.2 Å². The molecule has 0 saturated carbocycles. The first-order chi connectivity index (χ1) is 9.43. The minimum absolute atomic E-state index is 0.0422. The lowest BCUT2D eigenvalue weighted by Gasteiger charge is -2.23. The van der Waals surface area contributed by atoms with E-state index in [2.05, 4.69) is 4.98 Å². The van der Waals surface area contributed by atoms with Gasteiger partial charge in [-0.15, -0.1) is 0 Å². The van der Waals surface area contributed by atoms with Crippen LogP contribution < -0.4 is 0 Å². The van der Waals surface area contributed by atoms with E-state index in [-0.39, 0.29) is 17.0 Å². The molecule has 0 spiro atoms. The summed E-state index contributed by atoms with van der Waals surface area (Å²) < 4.78 is 0. The molecule has 1 saturated heterocycles. The summed E-state index contributed by atoms with van der Waals surface area (Å²) in [5, 5.41) is 9.53. The molecule has 2 unspecified atom stereocenters. The zero-order valence-electron chi connectivity index (χ0n) is 11.5. The van der Waals surface area contributed by atoms with Crippen molar-refractivity contribution < 1.29 is 14.7 Å². The standard InChI is InChI=1S/C14H17ClN2O3/c1-3-10-6-9(7-11(15)16-10)13(18)17-5-4-8(2)12(17)14(19)20/h6-8,12H,3-5H2,1-2H3,(H,19,20). The van der Waals surface area contributed by atoms with Crippen molar-refractivity contribution in [1.82, 2.24) is 9.88 Å². The number of pyridine rings is 1. The lowest BCUT2D eigenvalue weighted by atomic mass is 10.0. The smallest absolute Gasteiger partial charge is 0.326 e. The van der Waals surface area contributed by atoms with Crippen molar-refractivity contribution in [3.8, 4) is 0 Å². The molecule has 1 N–H and O–H groups in total. The van der Waals surface area contributed by atoms with E-state index in [1.54, 1.807) is 6.07 Å². The number of aryl methyl sites for hydroxylation is 1. The second kappa shape index (κ2) is 5.79. The Bertz CT molecular complexity index is 547. The van der Waals surface area contributed by atoms with Crippen molar-refractivity contribution in [2.45, 2.75) is 32.7 Å². The Balaban J connectivity index is 2.31. The molecule has 0 radical (unpaired) electrons. The van der Waals surface area contributed by atoms with Gasteiger partial charge in [-0.3, -0.25) is 4.79 Å². The van der Waals surface area contributed by atoms with Crippen LogP contribution in [0.5, 0.6) is 0 Å². The van der Waals surface area contributed by atoms with E-state index in [1.165, 1.54) is 11.0 Å². The summed E-state index contributed by atoms with van der Waals surface area (Å²) in [5.74, 6) is -1.29. The normalized spacial score (nSPS) is 22.1. The van der Waals surface area contributed by atoms with E-state index < -0.39 is 12.0 Å². The minimum Gasteiger partial charge on any atom is -0.480 e. The predicted octanol–water partition coefficient (Wildman–Crippen LogP) is 2.23. The molecule has 6 heteroatoms. The Morgan fingerprint density at radius 2 is 2.20 bits per heavy atom. The molecule has 2 heterocycles. The first-order valence-electron chi connectivity index (χ1n) is 6.64. The van der Waals surface area contributed by atoms with E-state index in [4.69, 9.17) is 11.6 Å². The Kier molecular flexibility index (Phi) is 4.28. The first-order valence-corrected chi connectivity index (χ1v) is 7.02. The number of rotatable bonds is 3. The molecule has 108 valence electrons. The highest BCUT2D eigenvalue weighted by Crippen LogP contribution is 2.26. The van der Waals surface area contributed by atoms with Crippen LogP contribution in [-0.4, -0.2) is 39.5 Å². The molecule has 1 aliphatic rings. The molecule has 0 aliphatic carbocycles. The van der Waals surface area contributed by atoms with Gasteiger partial charge < -0.3 is 10.0 Å². The number of carbonyl (C=O) groups is 2. The van der Waals surface area contributed by atoms with Gasteiger partial charge in [0, 0.05) is 17.8 Å². The molecule has 1 aromatic heterocycles. The van der Waals surface area contributed by atoms with Gasteiger partial charge >= 0.3 is 5.97 Å². The zero-order chi connectivity index (χ0) is 14.9. The summed E-state index contributed by atoms with van der Waals surface area (Å²) >= 11 is 5.91. The van der Waals surface area contributed by atoms with Crippen LogP contribution in [0.2, 0.25) is 5.15 Å². The van der Waals surface area contributed by atoms with E-state index in [0.717, 1.165) is 5.69 Å². The lowest BCUT2D eigenvalue weighted by Crippen LogP contribution is -2.42. The largest absolute Gasteiger partial charge is 0.480 e. The molecular formula is C14H17ClN2O3. The summed E-state index contributed by atoms with van der Waals surface area (Å²) in [6, 6.07) is 2.40. The fourth-order valence-corrected chi connectivity index (χ4v) is 2.80. The van der Waals surface area contributed by atoms with Gasteiger partial charge in [0.25, 0.3) is 5.91 Å². The summed E-state index contributed by atoms with van der Waals surface area (Å²) in [6.45, 7) is 4.23. The molecule has 1 aromatic rings. The second-order valence-electron chi connectivity index (χ2n) is 5.07. The van der Waals surface area contributed by atoms with E-state index >= 15 is 0 Å². The molecular weight excluding hydrogens is 280 g/mol. The SMILES string of the molecule is CCc1cc(C(=O)N2CCC(C)C2C(=O)O)cc(Cl)n1. The van der Waals surface area contributed by atoms with E-state index in [9.17, 15) is 14.7 Å². The predicted molar refractivity (Wildman–Crippen MR) is 74.9 cm³/mol. The molecule has 0 aromatic carbocycles. The molecule has 1 fully saturated rings. The summed E-state index contributed by atoms with van der Waals surface area (Å²) in [7, 11) is 0. The Morgan fingerprint density at radius 3 is 2.80 bits per heavy atom. The summed E-state index contributed by atoms with van der Waals surface area (Å²) in [5.41, 5.74) is 1.13. The Morgan fingerprint density at radius 1 is 1.50 bits per heavy atom. The van der Waals surface area contributed by atoms with Crippen LogP contribution in [0.1, 0.15) is 36.3 Å². The second-order valence-corrected chi connectivity index (χ2v) is 5.46. The molecule has 5 nitrogen and oxygen atoms in total. The fraction of sp³-hybridized carbons (Fsp3) is 0.500. The number of hydrogen-bond donors (Lipinski definition) is 1. The molecule has 2 atom stereocenters. The Labute approximate surface area is 122 Å². The van der Waals surface area contributed by atoms with Gasteiger partial charge in [-0.05, 0) is 30.9 Å². The highest BCUT2D eigenvalue weighted by molar-refractivity contribution is 6.29. The van der Waals surface area contributed by atoms with Crippen molar-refractivity contribution in [2.24, 2.45) is 5.92 Å². The number of likely N-dealkylation sites (tertiary alicyclic amines) is 1. The van der Waals surface area contributed by atoms with Gasteiger partial charge in [-0.25, -0.2) is 9.78 Å². The third-order valence-electron chi connectivity index (χ3n) is 3.67. The van der Waals surface area contributed by atoms with Crippen molar-refractivity contribution in [3.05, 3.63) is 28.5 Å². The summed E-state index contributed by atoms with van der Waals surface area (Å²) in [4.78, 5) is 29.3. The van der Waals surface area contributed by atoms with Crippen LogP contribution in [0, 0.1) is 5.92 Å². The third-order valence-corrected chi connectivity index (χ3v) is 3.86. The van der Waals surface area contributed by atoms with Crippen molar-refractivity contribution in [1.29, 1.82) is 0 Å². The number of aliphatic carboxylic acids is 1. The number of hydrogen-bond acceptors (Lipinski definition) is 3. The van der Waals surface area contributed by atoms with Crippen LogP contribution in [0.25, 0.3) is 0 Å². The zero-order valence-corrected chi connectivity index (χ0v) is 12.2. The van der Waals surface area contributed by atoms with Crippen molar-refractivity contribution >= 4 is 23.5 Å². The highest BCUT2D eigenvalue weighted by Gasteiger charge is 2.39. The Hall–Kier alpha value is -1.62. The monoisotopic (exact) mass is 296 g/mol. The van der Waals surface area contributed by atoms with Gasteiger partial charge in [-0.2, -0.15) is 0 Å². The van der Waals surface area contributed by atoms with Gasteiger partial charge in [0.1, 0.15) is 11.2 Å². The maximum Gasteiger partial charge on any atom is 0.326 e. The quantitative estimate of drug-likeness (QED) is 0.868. The van der Waals surface area contributed by atoms with Gasteiger partial charge in [-0.1, -0.05) is 25.4 Å². The van der Waals surface area contributed by atoms with E-state index in [1.807, 2.05) is 13.8 Å². The topological polar surface area (TPSA) is 70.5 Å². The first kappa shape index (κ1) is 14.8. The van der Waals surface area contributed by atoms with Crippen molar-refractivity contribution in [2.75, 3.05) is 6.54 Å². The maximum atomic E-state index is 12.5. The van der Waals surface area contributed by atoms with Crippen LogP contribution >= 0.6 is 11.6 Å². The third kappa shape index (κ3) is 2.77.